The van der Waals surface area contributed by atoms with Gasteiger partial charge in [0.05, 0.1) is 21.3 Å². The maximum absolute atomic E-state index is 11.8. The zero-order valence-electron chi connectivity index (χ0n) is 11.1. The maximum Gasteiger partial charge on any atom is 0.201 e. The van der Waals surface area contributed by atoms with Crippen LogP contribution >= 0.6 is 22.9 Å². The number of hydrogen-bond donors (Lipinski definition) is 1. The summed E-state index contributed by atoms with van der Waals surface area (Å²) >= 11 is 7.38. The molecule has 110 valence electrons. The fraction of sp³-hybridized carbons (Fsp3) is 0.154. The molecular formula is C13H12ClN3O2S2. The van der Waals surface area contributed by atoms with E-state index in [0.29, 0.717) is 21.9 Å². The second-order valence-electron chi connectivity index (χ2n) is 4.66. The molecule has 0 saturated heterocycles. The molecule has 0 bridgehead atoms. The summed E-state index contributed by atoms with van der Waals surface area (Å²) < 4.78 is 26.1. The van der Waals surface area contributed by atoms with Gasteiger partial charge in [0.15, 0.2) is 9.84 Å². The average Bonchev–Trinajstić information content (AvgIpc) is 2.93. The van der Waals surface area contributed by atoms with Crippen molar-refractivity contribution in [1.29, 1.82) is 0 Å². The number of rotatable bonds is 3. The molecule has 5 nitrogen and oxygen atoms in total. The third-order valence-corrected chi connectivity index (χ3v) is 5.46. The number of hydrogen-bond acceptors (Lipinski definition) is 5. The summed E-state index contributed by atoms with van der Waals surface area (Å²) in [7, 11) is -3.35. The van der Waals surface area contributed by atoms with Crippen molar-refractivity contribution in [2.45, 2.75) is 11.4 Å². The van der Waals surface area contributed by atoms with E-state index < -0.39 is 9.84 Å². The molecule has 0 radical (unpaired) electrons. The number of imidazole rings is 1. The molecule has 8 heteroatoms. The molecule has 0 aliphatic heterocycles. The lowest BCUT2D eigenvalue weighted by Crippen LogP contribution is -2.03. The van der Waals surface area contributed by atoms with Gasteiger partial charge >= 0.3 is 0 Å². The number of benzene rings is 1. The van der Waals surface area contributed by atoms with Crippen LogP contribution in [0.1, 0.15) is 4.88 Å². The first-order chi connectivity index (χ1) is 9.86. The molecule has 0 aliphatic rings. The Morgan fingerprint density at radius 1 is 1.33 bits per heavy atom. The van der Waals surface area contributed by atoms with Gasteiger partial charge in [-0.15, -0.1) is 11.3 Å². The van der Waals surface area contributed by atoms with Crippen molar-refractivity contribution in [2.24, 2.45) is 0 Å². The van der Waals surface area contributed by atoms with Crippen molar-refractivity contribution in [3.8, 4) is 0 Å². The molecule has 2 heterocycles. The molecule has 3 aromatic rings. The van der Waals surface area contributed by atoms with Crippen molar-refractivity contribution in [3.63, 3.8) is 0 Å². The molecule has 0 saturated carbocycles. The number of thiophene rings is 1. The third-order valence-electron chi connectivity index (χ3n) is 3.11. The molecule has 2 aromatic heterocycles. The van der Waals surface area contributed by atoms with Crippen LogP contribution in [0.15, 0.2) is 35.2 Å². The van der Waals surface area contributed by atoms with E-state index in [2.05, 4.69) is 4.98 Å². The highest BCUT2D eigenvalue weighted by molar-refractivity contribution is 7.91. The quantitative estimate of drug-likeness (QED) is 0.794. The van der Waals surface area contributed by atoms with Crippen LogP contribution in [0, 0.1) is 0 Å². The number of sulfone groups is 1. The van der Waals surface area contributed by atoms with Gasteiger partial charge in [-0.1, -0.05) is 17.7 Å². The van der Waals surface area contributed by atoms with E-state index in [9.17, 15) is 8.42 Å². The molecular weight excluding hydrogens is 330 g/mol. The Morgan fingerprint density at radius 2 is 2.10 bits per heavy atom. The molecule has 1 aromatic carbocycles. The van der Waals surface area contributed by atoms with Crippen LogP contribution in [0.25, 0.3) is 11.0 Å². The molecule has 2 N–H and O–H groups in total. The minimum Gasteiger partial charge on any atom is -0.369 e. The van der Waals surface area contributed by atoms with E-state index in [1.165, 1.54) is 17.4 Å². The normalized spacial score (nSPS) is 12.1. The summed E-state index contributed by atoms with van der Waals surface area (Å²) in [5, 5.41) is 0. The summed E-state index contributed by atoms with van der Waals surface area (Å²) in [5.41, 5.74) is 7.05. The Balaban J connectivity index is 2.18. The van der Waals surface area contributed by atoms with E-state index in [0.717, 1.165) is 11.1 Å². The van der Waals surface area contributed by atoms with Gasteiger partial charge in [0, 0.05) is 11.1 Å². The van der Waals surface area contributed by atoms with Crippen LogP contribution in [0.2, 0.25) is 4.34 Å². The summed E-state index contributed by atoms with van der Waals surface area (Å²) in [6.07, 6.45) is 1.16. The van der Waals surface area contributed by atoms with E-state index in [1.807, 2.05) is 18.2 Å². The third kappa shape index (κ3) is 2.64. The second-order valence-corrected chi connectivity index (χ2v) is 8.44. The van der Waals surface area contributed by atoms with E-state index in [4.69, 9.17) is 17.3 Å². The Labute approximate surface area is 130 Å². The van der Waals surface area contributed by atoms with Gasteiger partial charge in [0.1, 0.15) is 5.52 Å². The lowest BCUT2D eigenvalue weighted by molar-refractivity contribution is 0.602. The lowest BCUT2D eigenvalue weighted by Gasteiger charge is -2.05. The molecule has 0 unspecified atom stereocenters. The molecule has 0 spiro atoms. The first kappa shape index (κ1) is 14.4. The summed E-state index contributed by atoms with van der Waals surface area (Å²) in [4.78, 5) is 5.43. The topological polar surface area (TPSA) is 78.0 Å². The summed E-state index contributed by atoms with van der Waals surface area (Å²) in [6, 6.07) is 8.77. The van der Waals surface area contributed by atoms with Crippen LogP contribution in [0.5, 0.6) is 0 Å². The van der Waals surface area contributed by atoms with Gasteiger partial charge < -0.3 is 10.3 Å². The number of nitrogens with zero attached hydrogens (tertiary/aromatic N) is 2. The van der Waals surface area contributed by atoms with Crippen LogP contribution in [-0.4, -0.2) is 24.2 Å². The predicted octanol–water partition coefficient (Wildman–Crippen LogP) is 2.79. The molecule has 21 heavy (non-hydrogen) atoms. The largest absolute Gasteiger partial charge is 0.369 e. The monoisotopic (exact) mass is 341 g/mol. The van der Waals surface area contributed by atoms with Crippen molar-refractivity contribution in [3.05, 3.63) is 39.5 Å². The predicted molar refractivity (Wildman–Crippen MR) is 85.7 cm³/mol. The van der Waals surface area contributed by atoms with Gasteiger partial charge in [-0.2, -0.15) is 0 Å². The number of aromatic nitrogens is 2. The van der Waals surface area contributed by atoms with Gasteiger partial charge in [-0.3, -0.25) is 0 Å². The summed E-state index contributed by atoms with van der Waals surface area (Å²) in [6.45, 7) is 0.507. The van der Waals surface area contributed by atoms with E-state index in [1.54, 1.807) is 10.6 Å². The van der Waals surface area contributed by atoms with Crippen molar-refractivity contribution >= 4 is 49.8 Å². The molecule has 0 amide bonds. The lowest BCUT2D eigenvalue weighted by atomic mass is 10.3. The Hall–Kier alpha value is -1.57. The maximum atomic E-state index is 11.8. The number of nitrogens with two attached hydrogens (primary N) is 1. The molecule has 0 atom stereocenters. The number of fused-ring (bicyclic) bond motifs is 1. The van der Waals surface area contributed by atoms with Crippen LogP contribution in [-0.2, 0) is 16.4 Å². The van der Waals surface area contributed by atoms with Crippen LogP contribution < -0.4 is 5.73 Å². The number of para-hydroxylation sites is 1. The Bertz CT molecular complexity index is 928. The Kier molecular flexibility index (Phi) is 3.43. The van der Waals surface area contributed by atoms with Gasteiger partial charge in [0.25, 0.3) is 0 Å². The molecule has 0 fully saturated rings. The highest BCUT2D eigenvalue weighted by Gasteiger charge is 2.17. The number of anilines is 1. The van der Waals surface area contributed by atoms with Crippen LogP contribution in [0.4, 0.5) is 5.95 Å². The second kappa shape index (κ2) is 5.01. The highest BCUT2D eigenvalue weighted by atomic mass is 35.5. The fourth-order valence-corrected chi connectivity index (χ4v) is 4.10. The molecule has 0 aliphatic carbocycles. The zero-order chi connectivity index (χ0) is 15.2. The number of nitrogen functional groups attached to an aromatic ring is 1. The minimum atomic E-state index is -3.35. The standard InChI is InChI=1S/C13H12ClN3O2S2/c1-21(18,19)10-4-2-3-9-12(10)16-13(15)17(9)7-8-5-6-11(14)20-8/h2-6H,7H2,1H3,(H2,15,16). The van der Waals surface area contributed by atoms with E-state index in [-0.39, 0.29) is 10.8 Å². The van der Waals surface area contributed by atoms with Crippen molar-refractivity contribution in [1.82, 2.24) is 9.55 Å². The minimum absolute atomic E-state index is 0.190. The zero-order valence-corrected chi connectivity index (χ0v) is 13.5. The summed E-state index contributed by atoms with van der Waals surface area (Å²) in [5.74, 6) is 0.283. The van der Waals surface area contributed by atoms with Gasteiger partial charge in [-0.05, 0) is 24.3 Å². The van der Waals surface area contributed by atoms with Crippen molar-refractivity contribution in [2.75, 3.05) is 12.0 Å². The van der Waals surface area contributed by atoms with E-state index >= 15 is 0 Å². The first-order valence-electron chi connectivity index (χ1n) is 6.05. The van der Waals surface area contributed by atoms with Gasteiger partial charge in [0.2, 0.25) is 5.95 Å². The number of halogens is 1. The smallest absolute Gasteiger partial charge is 0.201 e. The molecule has 3 rings (SSSR count). The Morgan fingerprint density at radius 3 is 2.71 bits per heavy atom. The SMILES string of the molecule is CS(=O)(=O)c1cccc2c1nc(N)n2Cc1ccc(Cl)s1. The van der Waals surface area contributed by atoms with Gasteiger partial charge in [-0.25, -0.2) is 13.4 Å². The fourth-order valence-electron chi connectivity index (χ4n) is 2.20. The van der Waals surface area contributed by atoms with Crippen LogP contribution in [0.3, 0.4) is 0 Å². The average molecular weight is 342 g/mol. The first-order valence-corrected chi connectivity index (χ1v) is 9.14. The highest BCUT2D eigenvalue weighted by Crippen LogP contribution is 2.28. The van der Waals surface area contributed by atoms with Crippen molar-refractivity contribution < 1.29 is 8.42 Å².